The zero-order valence-electron chi connectivity index (χ0n) is 17.7. The lowest BCUT2D eigenvalue weighted by atomic mass is 10.1. The van der Waals surface area contributed by atoms with Gasteiger partial charge < -0.3 is 20.9 Å². The summed E-state index contributed by atoms with van der Waals surface area (Å²) in [6.45, 7) is 2.49. The first kappa shape index (κ1) is 20.9. The van der Waals surface area contributed by atoms with Gasteiger partial charge in [0.25, 0.3) is 11.8 Å². The summed E-state index contributed by atoms with van der Waals surface area (Å²) in [5.74, 6) is -0.357. The Morgan fingerprint density at radius 3 is 2.47 bits per heavy atom. The highest BCUT2D eigenvalue weighted by Gasteiger charge is 2.15. The van der Waals surface area contributed by atoms with Gasteiger partial charge in [-0.1, -0.05) is 42.5 Å². The number of amides is 2. The Morgan fingerprint density at radius 2 is 1.72 bits per heavy atom. The number of nitrogens with one attached hydrogen (secondary N) is 2. The maximum Gasteiger partial charge on any atom is 0.255 e. The van der Waals surface area contributed by atoms with Gasteiger partial charge in [0, 0.05) is 35.3 Å². The fourth-order valence-corrected chi connectivity index (χ4v) is 3.53. The number of aromatic amines is 1. The van der Waals surface area contributed by atoms with E-state index >= 15 is 0 Å². The lowest BCUT2D eigenvalue weighted by Crippen LogP contribution is -2.28. The number of carbonyl (C=O) groups is 2. The van der Waals surface area contributed by atoms with Crippen molar-refractivity contribution >= 4 is 45.9 Å². The van der Waals surface area contributed by atoms with Gasteiger partial charge in [0.15, 0.2) is 0 Å². The first-order valence-electron chi connectivity index (χ1n) is 10.4. The second-order valence-corrected chi connectivity index (χ2v) is 7.30. The summed E-state index contributed by atoms with van der Waals surface area (Å²) in [6.07, 6.45) is 5.15. The lowest BCUT2D eigenvalue weighted by molar-refractivity contribution is -0.114. The van der Waals surface area contributed by atoms with Gasteiger partial charge in [-0.05, 0) is 48.9 Å². The average molecular weight is 425 g/mol. The first-order chi connectivity index (χ1) is 15.6. The second-order valence-electron chi connectivity index (χ2n) is 7.30. The van der Waals surface area contributed by atoms with E-state index in [1.165, 1.54) is 0 Å². The van der Waals surface area contributed by atoms with E-state index in [0.29, 0.717) is 23.5 Å². The Labute approximate surface area is 186 Å². The summed E-state index contributed by atoms with van der Waals surface area (Å²) in [7, 11) is 0. The van der Waals surface area contributed by atoms with Gasteiger partial charge in [-0.25, -0.2) is 0 Å². The van der Waals surface area contributed by atoms with Crippen molar-refractivity contribution in [1.29, 1.82) is 0 Å². The molecule has 4 aromatic rings. The highest BCUT2D eigenvalue weighted by atomic mass is 16.2. The summed E-state index contributed by atoms with van der Waals surface area (Å²) in [5, 5.41) is 3.81. The summed E-state index contributed by atoms with van der Waals surface area (Å²) in [5.41, 5.74) is 10.1. The average Bonchev–Trinajstić information content (AvgIpc) is 3.24. The highest BCUT2D eigenvalue weighted by Crippen LogP contribution is 2.26. The van der Waals surface area contributed by atoms with E-state index in [9.17, 15) is 9.59 Å². The third-order valence-corrected chi connectivity index (χ3v) is 5.24. The Kier molecular flexibility index (Phi) is 6.03. The number of anilines is 3. The van der Waals surface area contributed by atoms with E-state index in [-0.39, 0.29) is 11.8 Å². The van der Waals surface area contributed by atoms with Gasteiger partial charge >= 0.3 is 0 Å². The second kappa shape index (κ2) is 9.22. The fraction of sp³-hybridized carbons (Fsp3) is 0.0769. The molecule has 0 unspecified atom stereocenters. The van der Waals surface area contributed by atoms with Crippen LogP contribution < -0.4 is 16.0 Å². The molecule has 6 nitrogen and oxygen atoms in total. The van der Waals surface area contributed by atoms with E-state index in [4.69, 9.17) is 5.73 Å². The van der Waals surface area contributed by atoms with Gasteiger partial charge in [0.2, 0.25) is 0 Å². The van der Waals surface area contributed by atoms with Crippen molar-refractivity contribution in [2.24, 2.45) is 0 Å². The standard InChI is InChI=1S/C26H24N4O2/c1-2-30(24-17-28-22-9-5-3-7-20(22)24)25(31)16-13-18-11-14-19(15-12-18)26(32)29-23-10-6-4-8-21(23)27/h3-17,28H,2,27H2,1H3,(H,29,32). The topological polar surface area (TPSA) is 91.2 Å². The highest BCUT2D eigenvalue weighted by molar-refractivity contribution is 6.09. The lowest BCUT2D eigenvalue weighted by Gasteiger charge is -2.18. The summed E-state index contributed by atoms with van der Waals surface area (Å²) in [4.78, 5) is 30.2. The molecule has 2 amide bonds. The Hall–Kier alpha value is -4.32. The smallest absolute Gasteiger partial charge is 0.255 e. The first-order valence-corrected chi connectivity index (χ1v) is 10.4. The number of likely N-dealkylation sites (N-methyl/N-ethyl adjacent to an activating group) is 1. The van der Waals surface area contributed by atoms with E-state index in [1.807, 2.05) is 49.5 Å². The molecular formula is C26H24N4O2. The quantitative estimate of drug-likeness (QED) is 0.298. The zero-order valence-corrected chi connectivity index (χ0v) is 17.7. The number of nitrogen functional groups attached to an aromatic ring is 1. The summed E-state index contributed by atoms with van der Waals surface area (Å²) >= 11 is 0. The number of hydrogen-bond acceptors (Lipinski definition) is 3. The summed E-state index contributed by atoms with van der Waals surface area (Å²) in [6, 6.07) is 22.0. The minimum Gasteiger partial charge on any atom is -0.397 e. The SMILES string of the molecule is CCN(C(=O)C=Cc1ccc(C(=O)Nc2ccccc2N)cc1)c1c[nH]c2ccccc12. The molecule has 4 rings (SSSR count). The Balaban J connectivity index is 1.45. The number of para-hydroxylation sites is 3. The van der Waals surface area contributed by atoms with Crippen LogP contribution in [0.1, 0.15) is 22.8 Å². The molecule has 32 heavy (non-hydrogen) atoms. The molecule has 4 N–H and O–H groups in total. The van der Waals surface area contributed by atoms with Crippen LogP contribution in [0, 0.1) is 0 Å². The minimum absolute atomic E-state index is 0.112. The predicted octanol–water partition coefficient (Wildman–Crippen LogP) is 5.07. The molecular weight excluding hydrogens is 400 g/mol. The van der Waals surface area contributed by atoms with Crippen LogP contribution in [0.15, 0.2) is 85.1 Å². The van der Waals surface area contributed by atoms with Crippen molar-refractivity contribution in [2.75, 3.05) is 22.5 Å². The molecule has 6 heteroatoms. The molecule has 0 saturated heterocycles. The number of fused-ring (bicyclic) bond motifs is 1. The van der Waals surface area contributed by atoms with E-state index in [2.05, 4.69) is 10.3 Å². The fourth-order valence-electron chi connectivity index (χ4n) is 3.53. The van der Waals surface area contributed by atoms with Gasteiger partial charge in [0.1, 0.15) is 0 Å². The molecule has 160 valence electrons. The third kappa shape index (κ3) is 4.39. The van der Waals surface area contributed by atoms with Crippen molar-refractivity contribution in [2.45, 2.75) is 6.92 Å². The molecule has 0 bridgehead atoms. The monoisotopic (exact) mass is 424 g/mol. The molecule has 0 aliphatic rings. The van der Waals surface area contributed by atoms with Crippen LogP contribution in [-0.2, 0) is 4.79 Å². The van der Waals surface area contributed by atoms with Crippen molar-refractivity contribution < 1.29 is 9.59 Å². The van der Waals surface area contributed by atoms with Gasteiger partial charge in [-0.2, -0.15) is 0 Å². The van der Waals surface area contributed by atoms with Crippen molar-refractivity contribution in [3.05, 3.63) is 96.2 Å². The van der Waals surface area contributed by atoms with E-state index < -0.39 is 0 Å². The number of H-pyrrole nitrogens is 1. The molecule has 1 heterocycles. The van der Waals surface area contributed by atoms with E-state index in [0.717, 1.165) is 22.2 Å². The number of nitrogens with zero attached hydrogens (tertiary/aromatic N) is 1. The number of aromatic nitrogens is 1. The summed E-state index contributed by atoms with van der Waals surface area (Å²) < 4.78 is 0. The van der Waals surface area contributed by atoms with Gasteiger partial charge in [-0.3, -0.25) is 9.59 Å². The van der Waals surface area contributed by atoms with E-state index in [1.54, 1.807) is 53.5 Å². The van der Waals surface area contributed by atoms with Gasteiger partial charge in [-0.15, -0.1) is 0 Å². The van der Waals surface area contributed by atoms with Crippen LogP contribution in [-0.4, -0.2) is 23.3 Å². The normalized spacial score (nSPS) is 11.0. The Morgan fingerprint density at radius 1 is 1.00 bits per heavy atom. The number of carbonyl (C=O) groups excluding carboxylic acids is 2. The van der Waals surface area contributed by atoms with Crippen LogP contribution in [0.3, 0.4) is 0 Å². The van der Waals surface area contributed by atoms with Crippen LogP contribution in [0.4, 0.5) is 17.1 Å². The van der Waals surface area contributed by atoms with Crippen molar-refractivity contribution in [1.82, 2.24) is 4.98 Å². The molecule has 0 aliphatic heterocycles. The maximum atomic E-state index is 12.8. The number of benzene rings is 3. The molecule has 0 fully saturated rings. The predicted molar refractivity (Wildman–Crippen MR) is 131 cm³/mol. The van der Waals surface area contributed by atoms with Crippen LogP contribution >= 0.6 is 0 Å². The third-order valence-electron chi connectivity index (χ3n) is 5.24. The Bertz CT molecular complexity index is 1290. The molecule has 3 aromatic carbocycles. The number of rotatable bonds is 6. The molecule has 1 aromatic heterocycles. The van der Waals surface area contributed by atoms with Crippen molar-refractivity contribution in [3.8, 4) is 0 Å². The minimum atomic E-state index is -0.244. The zero-order chi connectivity index (χ0) is 22.5. The molecule has 0 atom stereocenters. The molecule has 0 aliphatic carbocycles. The van der Waals surface area contributed by atoms with Gasteiger partial charge in [0.05, 0.1) is 17.1 Å². The van der Waals surface area contributed by atoms with Crippen LogP contribution in [0.2, 0.25) is 0 Å². The molecule has 0 saturated carbocycles. The van der Waals surface area contributed by atoms with Crippen LogP contribution in [0.25, 0.3) is 17.0 Å². The maximum absolute atomic E-state index is 12.8. The molecule has 0 radical (unpaired) electrons. The number of nitrogens with two attached hydrogens (primary N) is 1. The molecule has 0 spiro atoms. The number of hydrogen-bond donors (Lipinski definition) is 3. The largest absolute Gasteiger partial charge is 0.397 e. The van der Waals surface area contributed by atoms with Crippen LogP contribution in [0.5, 0.6) is 0 Å². The van der Waals surface area contributed by atoms with Crippen molar-refractivity contribution in [3.63, 3.8) is 0 Å².